The number of nitrogens with two attached hydrogens (primary N) is 1. The van der Waals surface area contributed by atoms with Gasteiger partial charge in [-0.3, -0.25) is 14.6 Å². The number of ketones is 1. The van der Waals surface area contributed by atoms with E-state index in [-0.39, 0.29) is 24.0 Å². The van der Waals surface area contributed by atoms with Gasteiger partial charge >= 0.3 is 12.1 Å². The predicted molar refractivity (Wildman–Crippen MR) is 216 cm³/mol. The van der Waals surface area contributed by atoms with Gasteiger partial charge in [0.25, 0.3) is 0 Å². The summed E-state index contributed by atoms with van der Waals surface area (Å²) in [6, 6.07) is 8.60. The highest BCUT2D eigenvalue weighted by Crippen LogP contribution is 2.43. The third-order valence-electron chi connectivity index (χ3n) is 13.1. The highest BCUT2D eigenvalue weighted by atomic mass is 16.7. The number of cyclic esters (lactones) is 1. The lowest BCUT2D eigenvalue weighted by Gasteiger charge is -2.48. The number of amides is 1. The first-order chi connectivity index (χ1) is 26.9. The van der Waals surface area contributed by atoms with Crippen LogP contribution in [0.5, 0.6) is 0 Å². The summed E-state index contributed by atoms with van der Waals surface area (Å²) in [5.41, 5.74) is 10.2. The van der Waals surface area contributed by atoms with Crippen LogP contribution in [0.4, 0.5) is 4.79 Å². The van der Waals surface area contributed by atoms with Crippen molar-refractivity contribution < 1.29 is 43.2 Å². The van der Waals surface area contributed by atoms with Crippen molar-refractivity contribution in [1.29, 1.82) is 0 Å². The normalized spacial score (nSPS) is 38.5. The fourth-order valence-electron chi connectivity index (χ4n) is 9.61. The van der Waals surface area contributed by atoms with Gasteiger partial charge in [0, 0.05) is 43.2 Å². The molecule has 0 radical (unpaired) electrons. The number of nitrogens with one attached hydrogen (secondary N) is 1. The molecule has 5 rings (SSSR count). The van der Waals surface area contributed by atoms with Gasteiger partial charge in [0.1, 0.15) is 18.1 Å². The zero-order valence-corrected chi connectivity index (χ0v) is 35.8. The molecule has 3 aliphatic rings. The molecular formula is C43H67N5O9. The fourth-order valence-corrected chi connectivity index (χ4v) is 9.61. The standard InChI is InChI=1S/C43H67N5O9/c1-12-33-43(8)37(48(41(52)57-43)46-20-15-16-29-19-21-45-31-18-14-13-17-30(29)31)26(4)34(44)24(2)23-42(7,53-11)38(27(5)35(49)28(6)39(51)55-33)56-40-36(50)32(47(9)10)22-25(3)54-40/h13-14,17-19,21,24-28,32-34,36-38,40,46,50H,12,15-16,20,22-23,44H2,1-11H3/t24-,25-,26-,27+,28-,32+,33+,34?,36-,37-,38-,40+,42-,43-/m1/s1. The number of aromatic nitrogens is 1. The van der Waals surface area contributed by atoms with Crippen LogP contribution in [0.25, 0.3) is 10.9 Å². The first-order valence-corrected chi connectivity index (χ1v) is 20.7. The van der Waals surface area contributed by atoms with Gasteiger partial charge in [-0.15, -0.1) is 0 Å². The number of aryl methyl sites for hydroxylation is 1. The Morgan fingerprint density at radius 2 is 1.79 bits per heavy atom. The molecule has 1 unspecified atom stereocenters. The van der Waals surface area contributed by atoms with Crippen LogP contribution in [0.3, 0.4) is 0 Å². The SMILES string of the molecule is CC[C@@H]1OC(=O)[C@H](C)C(=O)[C@H](C)[C@@H](O[C@@H]2O[C@H](C)C[C@H](N(C)C)[C@H]2O)[C@](C)(OC)C[C@@H](C)C(N)[C@@H](C)[C@H]2N(NCCCc3ccnc4ccccc34)C(=O)O[C@]12C. The summed E-state index contributed by atoms with van der Waals surface area (Å²) >= 11 is 0. The summed E-state index contributed by atoms with van der Waals surface area (Å²) in [7, 11) is 5.35. The van der Waals surface area contributed by atoms with Crippen LogP contribution in [0.15, 0.2) is 36.5 Å². The van der Waals surface area contributed by atoms with E-state index in [2.05, 4.69) is 16.5 Å². The second-order valence-corrected chi connectivity index (χ2v) is 17.4. The number of carbonyl (C=O) groups is 3. The number of likely N-dealkylation sites (N-methyl/N-ethyl adjacent to an activating group) is 1. The van der Waals surface area contributed by atoms with E-state index >= 15 is 0 Å². The van der Waals surface area contributed by atoms with E-state index in [1.54, 1.807) is 21.0 Å². The number of ether oxygens (including phenoxy) is 5. The summed E-state index contributed by atoms with van der Waals surface area (Å²) in [6.45, 7) is 15.2. The topological polar surface area (TPSA) is 175 Å². The highest BCUT2D eigenvalue weighted by molar-refractivity contribution is 6.00. The minimum atomic E-state index is -1.31. The number of fused-ring (bicyclic) bond motifs is 2. The van der Waals surface area contributed by atoms with Crippen LogP contribution < -0.4 is 11.2 Å². The number of aliphatic hydroxyl groups is 1. The predicted octanol–water partition coefficient (Wildman–Crippen LogP) is 4.63. The van der Waals surface area contributed by atoms with Crippen molar-refractivity contribution >= 4 is 28.7 Å². The number of hydrazine groups is 1. The number of hydrogen-bond acceptors (Lipinski definition) is 13. The Morgan fingerprint density at radius 3 is 2.46 bits per heavy atom. The molecule has 14 nitrogen and oxygen atoms in total. The van der Waals surface area contributed by atoms with E-state index in [9.17, 15) is 19.5 Å². The summed E-state index contributed by atoms with van der Waals surface area (Å²) in [5.74, 6) is -3.85. The molecule has 2 aromatic rings. The number of Topliss-reactive ketones (excluding diaryl/α,β-unsaturated/α-hetero) is 1. The van der Waals surface area contributed by atoms with Gasteiger partial charge in [-0.25, -0.2) is 15.2 Å². The molecule has 0 aliphatic carbocycles. The molecule has 0 saturated carbocycles. The lowest BCUT2D eigenvalue weighted by molar-refractivity contribution is -0.295. The van der Waals surface area contributed by atoms with E-state index in [1.165, 1.54) is 11.9 Å². The Hall–Kier alpha value is -3.24. The Labute approximate surface area is 338 Å². The number of para-hydroxylation sites is 1. The van der Waals surface area contributed by atoms with Crippen molar-refractivity contribution in [2.75, 3.05) is 27.7 Å². The molecule has 1 aromatic heterocycles. The molecule has 57 heavy (non-hydrogen) atoms. The van der Waals surface area contributed by atoms with Gasteiger partial charge in [0.2, 0.25) is 0 Å². The van der Waals surface area contributed by atoms with E-state index in [4.69, 9.17) is 29.4 Å². The van der Waals surface area contributed by atoms with Gasteiger partial charge in [0.05, 0.1) is 29.4 Å². The van der Waals surface area contributed by atoms with Crippen LogP contribution >= 0.6 is 0 Å². The molecule has 0 spiro atoms. The Kier molecular flexibility index (Phi) is 14.4. The van der Waals surface area contributed by atoms with Crippen molar-refractivity contribution in [3.8, 4) is 0 Å². The van der Waals surface area contributed by atoms with Gasteiger partial charge < -0.3 is 39.4 Å². The molecule has 4 heterocycles. The zero-order chi connectivity index (χ0) is 42.0. The van der Waals surface area contributed by atoms with Crippen molar-refractivity contribution in [1.82, 2.24) is 20.3 Å². The van der Waals surface area contributed by atoms with Crippen LogP contribution in [-0.4, -0.2) is 126 Å². The largest absolute Gasteiger partial charge is 0.458 e. The quantitative estimate of drug-likeness (QED) is 0.173. The summed E-state index contributed by atoms with van der Waals surface area (Å²) in [4.78, 5) is 48.6. The van der Waals surface area contributed by atoms with Gasteiger partial charge in [-0.2, -0.15) is 0 Å². The number of nitrogens with zero attached hydrogens (tertiary/aromatic N) is 3. The van der Waals surface area contributed by atoms with Gasteiger partial charge in [0.15, 0.2) is 17.7 Å². The average Bonchev–Trinajstić information content (AvgIpc) is 3.45. The van der Waals surface area contributed by atoms with Crippen molar-refractivity contribution in [2.45, 2.75) is 148 Å². The lowest BCUT2D eigenvalue weighted by atomic mass is 9.72. The van der Waals surface area contributed by atoms with Crippen molar-refractivity contribution in [2.24, 2.45) is 29.4 Å². The first-order valence-electron chi connectivity index (χ1n) is 20.7. The second kappa shape index (κ2) is 18.4. The minimum Gasteiger partial charge on any atom is -0.458 e. The maximum atomic E-state index is 14.3. The molecule has 3 saturated heterocycles. The molecule has 0 bridgehead atoms. The Bertz CT molecular complexity index is 1710. The smallest absolute Gasteiger partial charge is 0.425 e. The fraction of sp³-hybridized carbons (Fsp3) is 0.721. The number of benzene rings is 1. The van der Waals surface area contributed by atoms with Crippen molar-refractivity contribution in [3.63, 3.8) is 0 Å². The summed E-state index contributed by atoms with van der Waals surface area (Å²) in [6.07, 6.45) is -0.208. The van der Waals surface area contributed by atoms with Crippen LogP contribution in [0.2, 0.25) is 0 Å². The Balaban J connectivity index is 1.46. The van der Waals surface area contributed by atoms with Crippen LogP contribution in [0.1, 0.15) is 86.6 Å². The average molecular weight is 798 g/mol. The third-order valence-corrected chi connectivity index (χ3v) is 13.1. The molecule has 4 N–H and O–H groups in total. The molecule has 1 aromatic carbocycles. The first kappa shape index (κ1) is 44.9. The lowest BCUT2D eigenvalue weighted by Crippen LogP contribution is -2.63. The third kappa shape index (κ3) is 9.17. The van der Waals surface area contributed by atoms with Gasteiger partial charge in [-0.05, 0) is 103 Å². The maximum Gasteiger partial charge on any atom is 0.425 e. The number of pyridine rings is 1. The molecule has 14 heteroatoms. The highest BCUT2D eigenvalue weighted by Gasteiger charge is 2.60. The Morgan fingerprint density at radius 1 is 1.09 bits per heavy atom. The summed E-state index contributed by atoms with van der Waals surface area (Å²) in [5, 5.41) is 14.1. The van der Waals surface area contributed by atoms with E-state index in [0.717, 1.165) is 22.9 Å². The zero-order valence-electron chi connectivity index (χ0n) is 35.8. The van der Waals surface area contributed by atoms with E-state index in [0.29, 0.717) is 32.2 Å². The molecule has 318 valence electrons. The monoisotopic (exact) mass is 797 g/mol. The summed E-state index contributed by atoms with van der Waals surface area (Å²) < 4.78 is 31.5. The molecule has 1 amide bonds. The number of hydrogen-bond donors (Lipinski definition) is 3. The second-order valence-electron chi connectivity index (χ2n) is 17.4. The number of aliphatic hydroxyl groups excluding tert-OH is 1. The molecule has 3 fully saturated rings. The molecule has 14 atom stereocenters. The van der Waals surface area contributed by atoms with E-state index < -0.39 is 77.6 Å². The number of carbonyl (C=O) groups excluding carboxylic acids is 3. The van der Waals surface area contributed by atoms with Crippen LogP contribution in [0, 0.1) is 23.7 Å². The van der Waals surface area contributed by atoms with E-state index in [1.807, 2.05) is 84.1 Å². The number of rotatable bonds is 10. The minimum absolute atomic E-state index is 0.227. The molecular weight excluding hydrogens is 730 g/mol. The van der Waals surface area contributed by atoms with Crippen LogP contribution in [-0.2, 0) is 39.7 Å². The number of methoxy groups -OCH3 is 1. The maximum absolute atomic E-state index is 14.3. The van der Waals surface area contributed by atoms with Gasteiger partial charge in [-0.1, -0.05) is 45.9 Å². The number of esters is 1. The molecule has 3 aliphatic heterocycles. The van der Waals surface area contributed by atoms with Crippen molar-refractivity contribution in [3.05, 3.63) is 42.1 Å².